The molecule has 2 aromatic rings. The third kappa shape index (κ3) is 3.31. The maximum absolute atomic E-state index is 5.46. The van der Waals surface area contributed by atoms with Crippen molar-refractivity contribution >= 4 is 0 Å². The van der Waals surface area contributed by atoms with Crippen molar-refractivity contribution in [2.75, 3.05) is 20.3 Å². The summed E-state index contributed by atoms with van der Waals surface area (Å²) in [4.78, 5) is 6.94. The first kappa shape index (κ1) is 14.8. The highest BCUT2D eigenvalue weighted by Gasteiger charge is 2.31. The van der Waals surface area contributed by atoms with Crippen LogP contribution >= 0.6 is 0 Å². The normalized spacial score (nSPS) is 21.3. The van der Waals surface area contributed by atoms with Crippen LogP contribution in [-0.2, 0) is 24.4 Å². The zero-order valence-electron chi connectivity index (χ0n) is 13.7. The van der Waals surface area contributed by atoms with Gasteiger partial charge in [-0.2, -0.15) is 5.10 Å². The third-order valence-corrected chi connectivity index (χ3v) is 4.88. The highest BCUT2D eigenvalue weighted by Crippen LogP contribution is 2.34. The lowest BCUT2D eigenvalue weighted by Gasteiger charge is -2.32. The van der Waals surface area contributed by atoms with Crippen LogP contribution in [0.1, 0.15) is 35.7 Å². The maximum atomic E-state index is 5.46. The van der Waals surface area contributed by atoms with Crippen molar-refractivity contribution in [1.29, 1.82) is 0 Å². The summed E-state index contributed by atoms with van der Waals surface area (Å²) in [6.45, 7) is 4.67. The van der Waals surface area contributed by atoms with Crippen molar-refractivity contribution in [2.45, 2.75) is 38.4 Å². The van der Waals surface area contributed by atoms with Crippen molar-refractivity contribution in [2.24, 2.45) is 5.92 Å². The van der Waals surface area contributed by atoms with Crippen LogP contribution < -0.4 is 0 Å². The Morgan fingerprint density at radius 3 is 2.96 bits per heavy atom. The molecule has 23 heavy (non-hydrogen) atoms. The van der Waals surface area contributed by atoms with E-state index in [-0.39, 0.29) is 0 Å². The summed E-state index contributed by atoms with van der Waals surface area (Å²) in [6.07, 6.45) is 6.65. The van der Waals surface area contributed by atoms with Gasteiger partial charge in [0.05, 0.1) is 24.2 Å². The molecule has 3 heterocycles. The van der Waals surface area contributed by atoms with Crippen molar-refractivity contribution in [3.8, 4) is 0 Å². The molecule has 1 saturated carbocycles. The molecule has 0 N–H and O–H groups in total. The molecule has 0 bridgehead atoms. The smallest absolute Gasteiger partial charge is 0.0560 e. The largest absolute Gasteiger partial charge is 0.384 e. The topological polar surface area (TPSA) is 43.2 Å². The molecule has 1 unspecified atom stereocenters. The first-order valence-corrected chi connectivity index (χ1v) is 8.49. The highest BCUT2D eigenvalue weighted by molar-refractivity contribution is 5.26. The number of hydrogen-bond acceptors (Lipinski definition) is 4. The Balaban J connectivity index is 1.56. The molecule has 0 spiro atoms. The summed E-state index contributed by atoms with van der Waals surface area (Å²) >= 11 is 0. The summed E-state index contributed by atoms with van der Waals surface area (Å²) in [6, 6.07) is 6.13. The number of pyridine rings is 1. The fraction of sp³-hybridized carbons (Fsp3) is 0.556. The van der Waals surface area contributed by atoms with Crippen LogP contribution in [0.5, 0.6) is 0 Å². The zero-order valence-corrected chi connectivity index (χ0v) is 13.7. The van der Waals surface area contributed by atoms with Gasteiger partial charge in [0.1, 0.15) is 0 Å². The van der Waals surface area contributed by atoms with Crippen LogP contribution in [0, 0.1) is 5.92 Å². The van der Waals surface area contributed by atoms with E-state index in [1.807, 2.05) is 12.3 Å². The average Bonchev–Trinajstić information content (AvgIpc) is 3.29. The zero-order chi connectivity index (χ0) is 15.6. The van der Waals surface area contributed by atoms with E-state index in [0.717, 1.165) is 44.4 Å². The molecule has 0 radical (unpaired) electrons. The summed E-state index contributed by atoms with van der Waals surface area (Å²) in [5.74, 6) is 1.24. The van der Waals surface area contributed by atoms with Crippen LogP contribution in [0.15, 0.2) is 30.6 Å². The fourth-order valence-corrected chi connectivity index (χ4v) is 3.51. The maximum Gasteiger partial charge on any atom is 0.0560 e. The molecule has 2 aliphatic rings. The van der Waals surface area contributed by atoms with Crippen LogP contribution in [0.2, 0.25) is 0 Å². The van der Waals surface area contributed by atoms with E-state index in [1.54, 1.807) is 7.11 Å². The second kappa shape index (κ2) is 6.42. The van der Waals surface area contributed by atoms with Gasteiger partial charge in [0, 0.05) is 51.0 Å². The monoisotopic (exact) mass is 312 g/mol. The van der Waals surface area contributed by atoms with Crippen LogP contribution in [0.3, 0.4) is 0 Å². The minimum Gasteiger partial charge on any atom is -0.384 e. The fourth-order valence-electron chi connectivity index (χ4n) is 3.51. The van der Waals surface area contributed by atoms with Crippen molar-refractivity contribution in [3.05, 3.63) is 47.5 Å². The number of rotatable bonds is 6. The van der Waals surface area contributed by atoms with Gasteiger partial charge in [0.15, 0.2) is 0 Å². The molecule has 0 saturated heterocycles. The number of nitrogens with zero attached hydrogens (tertiary/aromatic N) is 4. The third-order valence-electron chi connectivity index (χ3n) is 4.88. The molecular weight excluding hydrogens is 288 g/mol. The lowest BCUT2D eigenvalue weighted by Crippen LogP contribution is -2.35. The van der Waals surface area contributed by atoms with E-state index in [0.29, 0.717) is 5.92 Å². The first-order chi connectivity index (χ1) is 11.3. The summed E-state index contributed by atoms with van der Waals surface area (Å²) in [5, 5.41) is 4.67. The standard InChI is InChI=1S/C18H24N4O/c1-23-13-15-10-21(11-16-4-2-3-7-19-16)12-18-17(15)8-20-22(18)9-14-5-6-14/h2-4,7-8,14-15H,5-6,9-13H2,1H3. The first-order valence-electron chi connectivity index (χ1n) is 8.49. The molecule has 1 fully saturated rings. The average molecular weight is 312 g/mol. The van der Waals surface area contributed by atoms with Gasteiger partial charge in [-0.1, -0.05) is 6.07 Å². The van der Waals surface area contributed by atoms with Crippen molar-refractivity contribution in [3.63, 3.8) is 0 Å². The number of fused-ring (bicyclic) bond motifs is 1. The van der Waals surface area contributed by atoms with E-state index in [9.17, 15) is 0 Å². The van der Waals surface area contributed by atoms with Crippen LogP contribution in [0.4, 0.5) is 0 Å². The van der Waals surface area contributed by atoms with Crippen LogP contribution in [0.25, 0.3) is 0 Å². The van der Waals surface area contributed by atoms with Gasteiger partial charge in [0.25, 0.3) is 0 Å². The number of hydrogen-bond donors (Lipinski definition) is 0. The lowest BCUT2D eigenvalue weighted by atomic mass is 9.95. The van der Waals surface area contributed by atoms with Gasteiger partial charge in [0.2, 0.25) is 0 Å². The quantitative estimate of drug-likeness (QED) is 0.822. The minimum absolute atomic E-state index is 0.403. The van der Waals surface area contributed by atoms with E-state index in [2.05, 4.69) is 38.0 Å². The SMILES string of the molecule is COCC1CN(Cc2ccccn2)Cc2c1cnn2CC1CC1. The van der Waals surface area contributed by atoms with E-state index < -0.39 is 0 Å². The highest BCUT2D eigenvalue weighted by atomic mass is 16.5. The molecule has 122 valence electrons. The molecule has 0 amide bonds. The summed E-state index contributed by atoms with van der Waals surface area (Å²) < 4.78 is 7.70. The molecule has 1 aliphatic carbocycles. The molecular formula is C18H24N4O. The van der Waals surface area contributed by atoms with E-state index in [4.69, 9.17) is 4.74 Å². The Hall–Kier alpha value is -1.72. The van der Waals surface area contributed by atoms with Crippen LogP contribution in [-0.4, -0.2) is 39.9 Å². The lowest BCUT2D eigenvalue weighted by molar-refractivity contribution is 0.133. The molecule has 0 aromatic carbocycles. The molecule has 4 rings (SSSR count). The van der Waals surface area contributed by atoms with Gasteiger partial charge in [-0.15, -0.1) is 0 Å². The minimum atomic E-state index is 0.403. The summed E-state index contributed by atoms with van der Waals surface area (Å²) in [5.41, 5.74) is 3.88. The van der Waals surface area contributed by atoms with Crippen molar-refractivity contribution in [1.82, 2.24) is 19.7 Å². The predicted molar refractivity (Wildman–Crippen MR) is 87.9 cm³/mol. The molecule has 5 nitrogen and oxygen atoms in total. The van der Waals surface area contributed by atoms with Crippen molar-refractivity contribution < 1.29 is 4.74 Å². The van der Waals surface area contributed by atoms with Gasteiger partial charge in [-0.25, -0.2) is 0 Å². The van der Waals surface area contributed by atoms with Gasteiger partial charge in [-0.3, -0.25) is 14.6 Å². The van der Waals surface area contributed by atoms with Gasteiger partial charge in [-0.05, 0) is 30.9 Å². The molecule has 1 atom stereocenters. The van der Waals surface area contributed by atoms with Gasteiger partial charge >= 0.3 is 0 Å². The Morgan fingerprint density at radius 1 is 1.30 bits per heavy atom. The number of aromatic nitrogens is 3. The number of methoxy groups -OCH3 is 1. The van der Waals surface area contributed by atoms with E-state index >= 15 is 0 Å². The van der Waals surface area contributed by atoms with Gasteiger partial charge < -0.3 is 4.74 Å². The van der Waals surface area contributed by atoms with E-state index in [1.165, 1.54) is 24.1 Å². The second-order valence-electron chi connectivity index (χ2n) is 6.82. The predicted octanol–water partition coefficient (Wildman–Crippen LogP) is 2.43. The molecule has 5 heteroatoms. The Morgan fingerprint density at radius 2 is 2.22 bits per heavy atom. The second-order valence-corrected chi connectivity index (χ2v) is 6.82. The Labute approximate surface area is 137 Å². The molecule has 2 aromatic heterocycles. The number of ether oxygens (including phenoxy) is 1. The Kier molecular flexibility index (Phi) is 4.14. The Bertz CT molecular complexity index is 650. The molecule has 1 aliphatic heterocycles. The summed E-state index contributed by atoms with van der Waals surface area (Å²) in [7, 11) is 1.78.